The second-order valence-corrected chi connectivity index (χ2v) is 6.42. The van der Waals surface area contributed by atoms with E-state index in [1.165, 1.54) is 4.90 Å². The van der Waals surface area contributed by atoms with Crippen LogP contribution < -0.4 is 0 Å². The van der Waals surface area contributed by atoms with Crippen molar-refractivity contribution in [1.29, 1.82) is 0 Å². The lowest BCUT2D eigenvalue weighted by molar-refractivity contribution is 0.108. The Labute approximate surface area is 102 Å². The fourth-order valence-electron chi connectivity index (χ4n) is 2.47. The van der Waals surface area contributed by atoms with E-state index < -0.39 is 0 Å². The summed E-state index contributed by atoms with van der Waals surface area (Å²) in [5.41, 5.74) is 0.293. The van der Waals surface area contributed by atoms with Crippen molar-refractivity contribution in [3.8, 4) is 0 Å². The molecule has 1 aromatic rings. The quantitative estimate of drug-likeness (QED) is 0.810. The molecule has 0 aromatic heterocycles. The molecule has 0 amide bonds. The number of aliphatic hydroxyl groups excluding tert-OH is 1. The fourth-order valence-corrected chi connectivity index (χ4v) is 3.86. The zero-order valence-corrected chi connectivity index (χ0v) is 10.8. The molecule has 0 aliphatic heterocycles. The van der Waals surface area contributed by atoms with Gasteiger partial charge in [0, 0.05) is 10.6 Å². The minimum atomic E-state index is -0.105. The summed E-state index contributed by atoms with van der Waals surface area (Å²) in [5, 5.41) is 9.99. The molecule has 0 radical (unpaired) electrons. The Hall–Kier alpha value is -0.470. The predicted octanol–water partition coefficient (Wildman–Crippen LogP) is 3.58. The minimum Gasteiger partial charge on any atom is -0.393 e. The molecule has 1 aliphatic carbocycles. The third kappa shape index (κ3) is 2.61. The summed E-state index contributed by atoms with van der Waals surface area (Å²) >= 11 is 1.86. The molecule has 88 valence electrons. The third-order valence-electron chi connectivity index (χ3n) is 3.73. The number of aliphatic hydroxyl groups is 1. The van der Waals surface area contributed by atoms with Crippen molar-refractivity contribution in [3.63, 3.8) is 0 Å². The van der Waals surface area contributed by atoms with Gasteiger partial charge in [-0.15, -0.1) is 11.8 Å². The zero-order valence-electron chi connectivity index (χ0n) is 10.0. The van der Waals surface area contributed by atoms with Gasteiger partial charge in [-0.1, -0.05) is 32.0 Å². The van der Waals surface area contributed by atoms with Gasteiger partial charge in [-0.3, -0.25) is 0 Å². The minimum absolute atomic E-state index is 0.105. The average Bonchev–Trinajstić information content (AvgIpc) is 2.52. The molecular weight excluding hydrogens is 216 g/mol. The van der Waals surface area contributed by atoms with Crippen LogP contribution in [0.1, 0.15) is 26.7 Å². The van der Waals surface area contributed by atoms with Crippen LogP contribution in [-0.4, -0.2) is 17.0 Å². The number of rotatable bonds is 3. The first-order valence-electron chi connectivity index (χ1n) is 5.95. The Morgan fingerprint density at radius 3 is 2.56 bits per heavy atom. The van der Waals surface area contributed by atoms with Crippen molar-refractivity contribution in [2.24, 2.45) is 11.3 Å². The van der Waals surface area contributed by atoms with E-state index in [-0.39, 0.29) is 6.10 Å². The van der Waals surface area contributed by atoms with E-state index in [2.05, 4.69) is 38.1 Å². The Morgan fingerprint density at radius 1 is 1.31 bits per heavy atom. The van der Waals surface area contributed by atoms with E-state index in [9.17, 15) is 5.11 Å². The monoisotopic (exact) mass is 236 g/mol. The molecule has 1 aromatic carbocycles. The van der Waals surface area contributed by atoms with Crippen LogP contribution in [0.25, 0.3) is 0 Å². The third-order valence-corrected chi connectivity index (χ3v) is 4.86. The number of thioether (sulfide) groups is 1. The van der Waals surface area contributed by atoms with Crippen molar-refractivity contribution in [2.75, 3.05) is 5.75 Å². The van der Waals surface area contributed by atoms with E-state index in [1.54, 1.807) is 0 Å². The summed E-state index contributed by atoms with van der Waals surface area (Å²) < 4.78 is 0. The van der Waals surface area contributed by atoms with Gasteiger partial charge in [-0.25, -0.2) is 0 Å². The van der Waals surface area contributed by atoms with Crippen LogP contribution in [0.2, 0.25) is 0 Å². The summed E-state index contributed by atoms with van der Waals surface area (Å²) in [4.78, 5) is 1.30. The Balaban J connectivity index is 1.95. The maximum Gasteiger partial charge on any atom is 0.0581 e. The summed E-state index contributed by atoms with van der Waals surface area (Å²) in [6, 6.07) is 10.5. The van der Waals surface area contributed by atoms with Crippen LogP contribution in [0.4, 0.5) is 0 Å². The molecule has 1 saturated carbocycles. The molecule has 16 heavy (non-hydrogen) atoms. The summed E-state index contributed by atoms with van der Waals surface area (Å²) in [6.07, 6.45) is 2.01. The highest BCUT2D eigenvalue weighted by molar-refractivity contribution is 7.99. The van der Waals surface area contributed by atoms with E-state index in [4.69, 9.17) is 0 Å². The van der Waals surface area contributed by atoms with Gasteiger partial charge in [0.25, 0.3) is 0 Å². The Kier molecular flexibility index (Phi) is 3.60. The first kappa shape index (κ1) is 12.0. The van der Waals surface area contributed by atoms with Crippen molar-refractivity contribution in [2.45, 2.75) is 37.7 Å². The first-order chi connectivity index (χ1) is 7.59. The van der Waals surface area contributed by atoms with Crippen molar-refractivity contribution < 1.29 is 5.11 Å². The van der Waals surface area contributed by atoms with Gasteiger partial charge in [0.15, 0.2) is 0 Å². The average molecular weight is 236 g/mol. The van der Waals surface area contributed by atoms with Crippen LogP contribution in [-0.2, 0) is 0 Å². The van der Waals surface area contributed by atoms with Crippen LogP contribution >= 0.6 is 11.8 Å². The first-order valence-corrected chi connectivity index (χ1v) is 6.94. The molecule has 1 N–H and O–H groups in total. The molecule has 0 unspecified atom stereocenters. The lowest BCUT2D eigenvalue weighted by Crippen LogP contribution is -2.27. The standard InChI is InChI=1S/C14H20OS/c1-14(2)9-8-13(15)12(14)10-16-11-6-4-3-5-7-11/h3-7,12-13,15H,8-10H2,1-2H3/t12-,13-/m0/s1. The van der Waals surface area contributed by atoms with Gasteiger partial charge in [0.2, 0.25) is 0 Å². The second-order valence-electron chi connectivity index (χ2n) is 5.33. The van der Waals surface area contributed by atoms with Gasteiger partial charge in [-0.2, -0.15) is 0 Å². The van der Waals surface area contributed by atoms with Crippen molar-refractivity contribution >= 4 is 11.8 Å². The normalized spacial score (nSPS) is 28.2. The van der Waals surface area contributed by atoms with Crippen LogP contribution in [0.15, 0.2) is 35.2 Å². The number of hydrogen-bond acceptors (Lipinski definition) is 2. The molecule has 2 rings (SSSR count). The molecule has 1 fully saturated rings. The second kappa shape index (κ2) is 4.80. The summed E-state index contributed by atoms with van der Waals surface area (Å²) in [7, 11) is 0. The largest absolute Gasteiger partial charge is 0.393 e. The van der Waals surface area contributed by atoms with E-state index in [0.717, 1.165) is 18.6 Å². The van der Waals surface area contributed by atoms with Crippen molar-refractivity contribution in [3.05, 3.63) is 30.3 Å². The van der Waals surface area contributed by atoms with Gasteiger partial charge >= 0.3 is 0 Å². The number of benzene rings is 1. The Morgan fingerprint density at radius 2 is 2.00 bits per heavy atom. The highest BCUT2D eigenvalue weighted by Gasteiger charge is 2.40. The summed E-state index contributed by atoms with van der Waals surface area (Å²) in [5.74, 6) is 1.45. The Bertz CT molecular complexity index is 334. The smallest absolute Gasteiger partial charge is 0.0581 e. The summed E-state index contributed by atoms with van der Waals surface area (Å²) in [6.45, 7) is 4.55. The molecule has 2 atom stereocenters. The molecule has 2 heteroatoms. The molecule has 0 bridgehead atoms. The molecule has 0 heterocycles. The molecule has 0 spiro atoms. The van der Waals surface area contributed by atoms with Gasteiger partial charge in [0.1, 0.15) is 0 Å². The SMILES string of the molecule is CC1(C)CC[C@H](O)[C@@H]1CSc1ccccc1. The van der Waals surface area contributed by atoms with Gasteiger partial charge in [0.05, 0.1) is 6.10 Å². The van der Waals surface area contributed by atoms with Gasteiger partial charge < -0.3 is 5.11 Å². The zero-order chi connectivity index (χ0) is 11.6. The maximum atomic E-state index is 9.99. The van der Waals surface area contributed by atoms with E-state index in [0.29, 0.717) is 11.3 Å². The van der Waals surface area contributed by atoms with Crippen LogP contribution in [0.5, 0.6) is 0 Å². The number of hydrogen-bond donors (Lipinski definition) is 1. The van der Waals surface area contributed by atoms with E-state index in [1.807, 2.05) is 17.8 Å². The predicted molar refractivity (Wildman–Crippen MR) is 69.7 cm³/mol. The highest BCUT2D eigenvalue weighted by Crippen LogP contribution is 2.44. The highest BCUT2D eigenvalue weighted by atomic mass is 32.2. The van der Waals surface area contributed by atoms with Crippen LogP contribution in [0, 0.1) is 11.3 Å². The van der Waals surface area contributed by atoms with Crippen LogP contribution in [0.3, 0.4) is 0 Å². The van der Waals surface area contributed by atoms with Crippen molar-refractivity contribution in [1.82, 2.24) is 0 Å². The lowest BCUT2D eigenvalue weighted by atomic mass is 9.82. The van der Waals surface area contributed by atoms with Gasteiger partial charge in [-0.05, 0) is 36.3 Å². The molecular formula is C14H20OS. The lowest BCUT2D eigenvalue weighted by Gasteiger charge is -2.28. The fraction of sp³-hybridized carbons (Fsp3) is 0.571. The molecule has 1 aliphatic rings. The topological polar surface area (TPSA) is 20.2 Å². The molecule has 0 saturated heterocycles. The van der Waals surface area contributed by atoms with E-state index >= 15 is 0 Å². The molecule has 1 nitrogen and oxygen atoms in total. The maximum absolute atomic E-state index is 9.99.